The highest BCUT2D eigenvalue weighted by molar-refractivity contribution is 7.91. The Hall–Kier alpha value is -3.00. The first-order valence-corrected chi connectivity index (χ1v) is 13.7. The minimum absolute atomic E-state index is 0.0242. The third-order valence-corrected chi connectivity index (χ3v) is 8.65. The molecule has 1 aliphatic heterocycles. The number of likely N-dealkylation sites (tertiary alicyclic amines) is 1. The molecule has 2 aromatic rings. The summed E-state index contributed by atoms with van der Waals surface area (Å²) in [6.07, 6.45) is 7.17. The second-order valence-electron chi connectivity index (χ2n) is 9.25. The van der Waals surface area contributed by atoms with Crippen molar-refractivity contribution in [3.63, 3.8) is 0 Å². The van der Waals surface area contributed by atoms with Gasteiger partial charge in [-0.05, 0) is 55.5 Å². The molecule has 1 saturated heterocycles. The topological polar surface area (TPSA) is 104 Å². The van der Waals surface area contributed by atoms with Gasteiger partial charge in [0.25, 0.3) is 5.91 Å². The van der Waals surface area contributed by atoms with Gasteiger partial charge >= 0.3 is 0 Å². The quantitative estimate of drug-likeness (QED) is 0.388. The Morgan fingerprint density at radius 1 is 1.22 bits per heavy atom. The molecule has 196 valence electrons. The fourth-order valence-electron chi connectivity index (χ4n) is 4.56. The second kappa shape index (κ2) is 10.8. The van der Waals surface area contributed by atoms with Crippen molar-refractivity contribution in [2.45, 2.75) is 36.2 Å². The number of benzene rings is 2. The Balaban J connectivity index is 1.60. The zero-order chi connectivity index (χ0) is 26.9. The van der Waals surface area contributed by atoms with E-state index in [1.165, 1.54) is 29.2 Å². The molecule has 0 spiro atoms. The smallest absolute Gasteiger partial charge is 0.254 e. The fraction of sp³-hybridized carbons (Fsp3) is 0.385. The van der Waals surface area contributed by atoms with E-state index in [0.717, 1.165) is 12.1 Å². The van der Waals surface area contributed by atoms with Gasteiger partial charge in [-0.3, -0.25) is 9.59 Å². The molecule has 2 aromatic carbocycles. The van der Waals surface area contributed by atoms with Crippen molar-refractivity contribution in [3.8, 4) is 12.3 Å². The van der Waals surface area contributed by atoms with Crippen molar-refractivity contribution in [2.24, 2.45) is 11.8 Å². The number of hydrogen-bond donors (Lipinski definition) is 2. The minimum Gasteiger partial charge on any atom is -0.395 e. The molecule has 0 bridgehead atoms. The van der Waals surface area contributed by atoms with E-state index in [-0.39, 0.29) is 39.9 Å². The van der Waals surface area contributed by atoms with Crippen LogP contribution in [0.15, 0.2) is 41.3 Å². The van der Waals surface area contributed by atoms with Crippen LogP contribution in [0.3, 0.4) is 0 Å². The molecule has 2 amide bonds. The number of rotatable bonds is 8. The summed E-state index contributed by atoms with van der Waals surface area (Å²) in [5.74, 6) is -1.17. The first-order chi connectivity index (χ1) is 17.6. The van der Waals surface area contributed by atoms with E-state index in [9.17, 15) is 26.8 Å². The molecule has 3 atom stereocenters. The summed E-state index contributed by atoms with van der Waals surface area (Å²) in [7, 11) is -3.80. The number of terminal acetylenes is 1. The largest absolute Gasteiger partial charge is 0.395 e. The van der Waals surface area contributed by atoms with Crippen molar-refractivity contribution >= 4 is 33.3 Å². The molecule has 2 fully saturated rings. The number of carbonyl (C=O) groups excluding carboxylic acids is 2. The molecule has 2 aliphatic rings. The monoisotopic (exact) mass is 550 g/mol. The number of amides is 2. The van der Waals surface area contributed by atoms with Crippen molar-refractivity contribution in [1.82, 2.24) is 10.2 Å². The molecule has 1 saturated carbocycles. The van der Waals surface area contributed by atoms with E-state index in [0.29, 0.717) is 12.8 Å². The van der Waals surface area contributed by atoms with Crippen LogP contribution in [-0.4, -0.2) is 55.2 Å². The van der Waals surface area contributed by atoms with E-state index >= 15 is 0 Å². The van der Waals surface area contributed by atoms with Crippen molar-refractivity contribution in [2.75, 3.05) is 18.9 Å². The van der Waals surface area contributed by atoms with Crippen LogP contribution in [-0.2, 0) is 14.6 Å². The van der Waals surface area contributed by atoms with Gasteiger partial charge in [-0.1, -0.05) is 17.7 Å². The van der Waals surface area contributed by atoms with Crippen molar-refractivity contribution < 1.29 is 31.9 Å². The zero-order valence-corrected chi connectivity index (χ0v) is 21.2. The third kappa shape index (κ3) is 5.79. The second-order valence-corrected chi connectivity index (χ2v) is 11.8. The molecule has 0 radical (unpaired) electrons. The van der Waals surface area contributed by atoms with Crippen LogP contribution in [0, 0.1) is 35.8 Å². The SMILES string of the molecule is C#C[C@@H]1C[C@H](C(=O)N[C@@H](c2cc(F)c(Cl)cc2F)C2CC2)N(C(=O)c2cccc(S(=O)(=O)CCO)c2)C1. The van der Waals surface area contributed by atoms with Crippen molar-refractivity contribution in [1.29, 1.82) is 0 Å². The van der Waals surface area contributed by atoms with Gasteiger partial charge in [0.1, 0.15) is 17.7 Å². The first-order valence-electron chi connectivity index (χ1n) is 11.7. The lowest BCUT2D eigenvalue weighted by Gasteiger charge is -2.27. The summed E-state index contributed by atoms with van der Waals surface area (Å²) in [6.45, 7) is -0.502. The Morgan fingerprint density at radius 2 is 1.95 bits per heavy atom. The summed E-state index contributed by atoms with van der Waals surface area (Å²) in [5.41, 5.74) is 0.0166. The lowest BCUT2D eigenvalue weighted by atomic mass is 10.00. The summed E-state index contributed by atoms with van der Waals surface area (Å²) in [6, 6.07) is 5.39. The Bertz CT molecular complexity index is 1370. The lowest BCUT2D eigenvalue weighted by Crippen LogP contribution is -2.47. The molecule has 0 unspecified atom stereocenters. The predicted octanol–water partition coefficient (Wildman–Crippen LogP) is 3.12. The first kappa shape index (κ1) is 27.0. The molecule has 1 heterocycles. The maximum atomic E-state index is 14.7. The number of hydrogen-bond acceptors (Lipinski definition) is 5. The molecule has 7 nitrogen and oxygen atoms in total. The fourth-order valence-corrected chi connectivity index (χ4v) is 5.78. The molecule has 37 heavy (non-hydrogen) atoms. The maximum Gasteiger partial charge on any atom is 0.254 e. The highest BCUT2D eigenvalue weighted by Gasteiger charge is 2.42. The standard InChI is InChI=1S/C26H25ClF2N2O5S/c1-2-15-10-23(25(33)30-24(16-6-7-16)19-12-22(29)20(27)13-21(19)28)31(14-15)26(34)17-4-3-5-18(11-17)37(35,36)9-8-32/h1,3-5,11-13,15-16,23-24,32H,6-10,14H2,(H,30,33)/t15-,23-,24-/m1/s1. The Morgan fingerprint density at radius 3 is 2.59 bits per heavy atom. The summed E-state index contributed by atoms with van der Waals surface area (Å²) in [5, 5.41) is 11.5. The van der Waals surface area contributed by atoms with Crippen LogP contribution in [0.2, 0.25) is 5.02 Å². The number of nitrogens with one attached hydrogen (secondary N) is 1. The van der Waals surface area contributed by atoms with Gasteiger partial charge in [0.15, 0.2) is 9.84 Å². The highest BCUT2D eigenvalue weighted by atomic mass is 35.5. The third-order valence-electron chi connectivity index (χ3n) is 6.67. The van der Waals surface area contributed by atoms with E-state index in [1.54, 1.807) is 0 Å². The van der Waals surface area contributed by atoms with Gasteiger partial charge in [-0.2, -0.15) is 0 Å². The molecule has 4 rings (SSSR count). The number of aliphatic hydroxyl groups excluding tert-OH is 1. The number of sulfone groups is 1. The molecule has 1 aliphatic carbocycles. The van der Waals surface area contributed by atoms with Gasteiger partial charge in [0.05, 0.1) is 28.3 Å². The average Bonchev–Trinajstić information content (AvgIpc) is 3.62. The molecule has 0 aromatic heterocycles. The zero-order valence-electron chi connectivity index (χ0n) is 19.7. The van der Waals surface area contributed by atoms with E-state index < -0.39 is 63.6 Å². The summed E-state index contributed by atoms with van der Waals surface area (Å²) in [4.78, 5) is 28.0. The minimum atomic E-state index is -3.80. The van der Waals surface area contributed by atoms with Crippen LogP contribution < -0.4 is 5.32 Å². The highest BCUT2D eigenvalue weighted by Crippen LogP contribution is 2.43. The number of nitrogens with zero attached hydrogens (tertiary/aromatic N) is 1. The van der Waals surface area contributed by atoms with Gasteiger partial charge in [0.2, 0.25) is 5.91 Å². The van der Waals surface area contributed by atoms with Crippen molar-refractivity contribution in [3.05, 3.63) is 64.2 Å². The van der Waals surface area contributed by atoms with Crippen LogP contribution >= 0.6 is 11.6 Å². The van der Waals surface area contributed by atoms with Crippen LogP contribution in [0.25, 0.3) is 0 Å². The van der Waals surface area contributed by atoms with Gasteiger partial charge in [-0.25, -0.2) is 17.2 Å². The number of carbonyl (C=O) groups is 2. The average molecular weight is 551 g/mol. The van der Waals surface area contributed by atoms with Gasteiger partial charge in [0, 0.05) is 23.6 Å². The summed E-state index contributed by atoms with van der Waals surface area (Å²) >= 11 is 5.68. The molecule has 11 heteroatoms. The normalized spacial score (nSPS) is 20.4. The van der Waals surface area contributed by atoms with Crippen LogP contribution in [0.5, 0.6) is 0 Å². The van der Waals surface area contributed by atoms with E-state index in [1.807, 2.05) is 0 Å². The lowest BCUT2D eigenvalue weighted by molar-refractivity contribution is -0.125. The predicted molar refractivity (Wildman–Crippen MR) is 132 cm³/mol. The number of aliphatic hydroxyl groups is 1. The Labute approximate surface area is 218 Å². The van der Waals surface area contributed by atoms with Crippen LogP contribution in [0.4, 0.5) is 8.78 Å². The van der Waals surface area contributed by atoms with Crippen LogP contribution in [0.1, 0.15) is 41.2 Å². The van der Waals surface area contributed by atoms with E-state index in [4.69, 9.17) is 23.1 Å². The molecular weight excluding hydrogens is 526 g/mol. The molecular formula is C26H25ClF2N2O5S. The maximum absolute atomic E-state index is 14.7. The van der Waals surface area contributed by atoms with Gasteiger partial charge in [-0.15, -0.1) is 12.3 Å². The van der Waals surface area contributed by atoms with Gasteiger partial charge < -0.3 is 15.3 Å². The van der Waals surface area contributed by atoms with E-state index in [2.05, 4.69) is 11.2 Å². The Kier molecular flexibility index (Phi) is 7.88. The number of halogens is 3. The summed E-state index contributed by atoms with van der Waals surface area (Å²) < 4.78 is 53.5. The molecule has 2 N–H and O–H groups in total.